The monoisotopic (exact) mass is 272 g/mol. The molecule has 2 aromatic carbocycles. The summed E-state index contributed by atoms with van der Waals surface area (Å²) in [6.45, 7) is 5.66. The summed E-state index contributed by atoms with van der Waals surface area (Å²) < 4.78 is 5.66. The van der Waals surface area contributed by atoms with Crippen LogP contribution in [-0.4, -0.2) is 11.1 Å². The van der Waals surface area contributed by atoms with Crippen LogP contribution in [0.2, 0.25) is 0 Å². The van der Waals surface area contributed by atoms with Crippen LogP contribution in [0.3, 0.4) is 0 Å². The van der Waals surface area contributed by atoms with E-state index in [0.29, 0.717) is 5.75 Å². The first kappa shape index (κ1) is 15.8. The van der Waals surface area contributed by atoms with E-state index in [-0.39, 0.29) is 0 Å². The number of hydrogen-bond acceptors (Lipinski definition) is 2. The van der Waals surface area contributed by atoms with Crippen LogP contribution in [0.1, 0.15) is 32.3 Å². The Labute approximate surface area is 119 Å². The molecule has 0 aromatic heterocycles. The second-order valence-corrected chi connectivity index (χ2v) is 4.05. The molecule has 0 amide bonds. The fraction of sp³-hybridized carbons (Fsp3) is 0.235. The van der Waals surface area contributed by atoms with E-state index in [4.69, 9.17) is 9.84 Å². The highest BCUT2D eigenvalue weighted by molar-refractivity contribution is 5.75. The van der Waals surface area contributed by atoms with Gasteiger partial charge in [0.05, 0.1) is 5.92 Å². The third-order valence-electron chi connectivity index (χ3n) is 2.71. The van der Waals surface area contributed by atoms with Crippen LogP contribution in [0.25, 0.3) is 0 Å². The first-order valence-corrected chi connectivity index (χ1v) is 6.72. The molecule has 20 heavy (non-hydrogen) atoms. The standard InChI is InChI=1S/C15H14O3.C2H6/c1-11(15(16)17)12-6-5-9-14(10-12)18-13-7-3-2-4-8-13;1-2/h2-11H,1H3,(H,16,17);1-2H3. The van der Waals surface area contributed by atoms with Gasteiger partial charge in [-0.15, -0.1) is 0 Å². The number of rotatable bonds is 4. The number of carboxylic acids is 1. The number of carbonyl (C=O) groups is 1. The topological polar surface area (TPSA) is 46.5 Å². The Balaban J connectivity index is 0.000000956. The molecule has 0 saturated heterocycles. The number of ether oxygens (including phenoxy) is 1. The molecule has 0 aliphatic heterocycles. The van der Waals surface area contributed by atoms with E-state index in [2.05, 4.69) is 0 Å². The first-order chi connectivity index (χ1) is 9.66. The number of hydrogen-bond donors (Lipinski definition) is 1. The zero-order valence-corrected chi connectivity index (χ0v) is 12.0. The lowest BCUT2D eigenvalue weighted by Gasteiger charge is -2.10. The highest BCUT2D eigenvalue weighted by Crippen LogP contribution is 2.25. The van der Waals surface area contributed by atoms with Crippen LogP contribution < -0.4 is 4.74 Å². The molecule has 0 saturated carbocycles. The van der Waals surface area contributed by atoms with Crippen molar-refractivity contribution >= 4 is 5.97 Å². The summed E-state index contributed by atoms with van der Waals surface area (Å²) in [6, 6.07) is 16.6. The number of para-hydroxylation sites is 1. The molecule has 2 rings (SSSR count). The molecule has 1 atom stereocenters. The van der Waals surface area contributed by atoms with Crippen LogP contribution in [0.5, 0.6) is 11.5 Å². The Hall–Kier alpha value is -2.29. The van der Waals surface area contributed by atoms with Crippen molar-refractivity contribution < 1.29 is 14.6 Å². The van der Waals surface area contributed by atoms with Gasteiger partial charge in [0.25, 0.3) is 0 Å². The van der Waals surface area contributed by atoms with Gasteiger partial charge in [0, 0.05) is 0 Å². The number of aliphatic carboxylic acids is 1. The SMILES string of the molecule is CC.CC(C(=O)O)c1cccc(Oc2ccccc2)c1. The van der Waals surface area contributed by atoms with Crippen LogP contribution in [0.15, 0.2) is 54.6 Å². The Morgan fingerprint density at radius 1 is 1.00 bits per heavy atom. The normalized spacial score (nSPS) is 10.9. The van der Waals surface area contributed by atoms with Gasteiger partial charge < -0.3 is 9.84 Å². The van der Waals surface area contributed by atoms with Gasteiger partial charge in [0.1, 0.15) is 11.5 Å². The minimum atomic E-state index is -0.841. The second-order valence-electron chi connectivity index (χ2n) is 4.05. The molecule has 0 bridgehead atoms. The summed E-state index contributed by atoms with van der Waals surface area (Å²) in [6.07, 6.45) is 0. The molecule has 106 valence electrons. The predicted octanol–water partition coefficient (Wildman–Crippen LogP) is 4.69. The molecule has 0 aliphatic rings. The molecule has 1 N–H and O–H groups in total. The molecule has 1 unspecified atom stereocenters. The summed E-state index contributed by atoms with van der Waals surface area (Å²) in [7, 11) is 0. The maximum absolute atomic E-state index is 10.9. The molecule has 0 radical (unpaired) electrons. The summed E-state index contributed by atoms with van der Waals surface area (Å²) in [5.41, 5.74) is 0.732. The Kier molecular flexibility index (Phi) is 6.30. The van der Waals surface area contributed by atoms with E-state index >= 15 is 0 Å². The van der Waals surface area contributed by atoms with Crippen LogP contribution >= 0.6 is 0 Å². The zero-order valence-electron chi connectivity index (χ0n) is 12.0. The van der Waals surface area contributed by atoms with Gasteiger partial charge in [-0.25, -0.2) is 0 Å². The zero-order chi connectivity index (χ0) is 15.0. The Morgan fingerprint density at radius 3 is 2.20 bits per heavy atom. The van der Waals surface area contributed by atoms with E-state index in [1.165, 1.54) is 0 Å². The molecule has 0 spiro atoms. The highest BCUT2D eigenvalue weighted by atomic mass is 16.5. The summed E-state index contributed by atoms with van der Waals surface area (Å²) >= 11 is 0. The van der Waals surface area contributed by atoms with Crippen LogP contribution in [-0.2, 0) is 4.79 Å². The summed E-state index contributed by atoms with van der Waals surface area (Å²) in [4.78, 5) is 10.9. The fourth-order valence-electron chi connectivity index (χ4n) is 1.61. The van der Waals surface area contributed by atoms with E-state index < -0.39 is 11.9 Å². The maximum Gasteiger partial charge on any atom is 0.310 e. The van der Waals surface area contributed by atoms with Crippen molar-refractivity contribution in [3.8, 4) is 11.5 Å². The average Bonchev–Trinajstić information content (AvgIpc) is 2.50. The Morgan fingerprint density at radius 2 is 1.60 bits per heavy atom. The molecular weight excluding hydrogens is 252 g/mol. The third kappa shape index (κ3) is 4.43. The minimum absolute atomic E-state index is 0.538. The van der Waals surface area contributed by atoms with Crippen molar-refractivity contribution in [1.29, 1.82) is 0 Å². The van der Waals surface area contributed by atoms with E-state index in [1.807, 2.05) is 50.2 Å². The van der Waals surface area contributed by atoms with E-state index in [1.54, 1.807) is 25.1 Å². The highest BCUT2D eigenvalue weighted by Gasteiger charge is 2.13. The lowest BCUT2D eigenvalue weighted by molar-refractivity contribution is -0.138. The predicted molar refractivity (Wildman–Crippen MR) is 80.4 cm³/mol. The van der Waals surface area contributed by atoms with Gasteiger partial charge in [0.15, 0.2) is 0 Å². The van der Waals surface area contributed by atoms with Crippen molar-refractivity contribution in [3.63, 3.8) is 0 Å². The van der Waals surface area contributed by atoms with Crippen LogP contribution in [0, 0.1) is 0 Å². The molecule has 2 aromatic rings. The van der Waals surface area contributed by atoms with Gasteiger partial charge in [-0.05, 0) is 36.8 Å². The molecule has 3 heteroatoms. The lowest BCUT2D eigenvalue weighted by atomic mass is 10.0. The quantitative estimate of drug-likeness (QED) is 0.878. The molecule has 0 heterocycles. The molecule has 0 aliphatic carbocycles. The molecular formula is C17H20O3. The number of benzene rings is 2. The van der Waals surface area contributed by atoms with Crippen molar-refractivity contribution in [2.75, 3.05) is 0 Å². The summed E-state index contributed by atoms with van der Waals surface area (Å²) in [5.74, 6) is 0.000567. The summed E-state index contributed by atoms with van der Waals surface area (Å²) in [5, 5.41) is 8.98. The smallest absolute Gasteiger partial charge is 0.310 e. The van der Waals surface area contributed by atoms with Gasteiger partial charge in [-0.2, -0.15) is 0 Å². The van der Waals surface area contributed by atoms with Crippen molar-refractivity contribution in [2.45, 2.75) is 26.7 Å². The average molecular weight is 272 g/mol. The fourth-order valence-corrected chi connectivity index (χ4v) is 1.61. The van der Waals surface area contributed by atoms with E-state index in [9.17, 15) is 4.79 Å². The van der Waals surface area contributed by atoms with E-state index in [0.717, 1.165) is 11.3 Å². The van der Waals surface area contributed by atoms with Gasteiger partial charge in [-0.3, -0.25) is 4.79 Å². The van der Waals surface area contributed by atoms with Gasteiger partial charge in [-0.1, -0.05) is 44.2 Å². The lowest BCUT2D eigenvalue weighted by Crippen LogP contribution is -2.07. The minimum Gasteiger partial charge on any atom is -0.481 e. The van der Waals surface area contributed by atoms with Crippen molar-refractivity contribution in [3.05, 3.63) is 60.2 Å². The second kappa shape index (κ2) is 8.00. The van der Waals surface area contributed by atoms with Crippen molar-refractivity contribution in [1.82, 2.24) is 0 Å². The maximum atomic E-state index is 10.9. The van der Waals surface area contributed by atoms with Gasteiger partial charge in [0.2, 0.25) is 0 Å². The molecule has 3 nitrogen and oxygen atoms in total. The largest absolute Gasteiger partial charge is 0.481 e. The molecule has 0 fully saturated rings. The Bertz CT molecular complexity index is 535. The van der Waals surface area contributed by atoms with Gasteiger partial charge >= 0.3 is 5.97 Å². The first-order valence-electron chi connectivity index (χ1n) is 6.72. The van der Waals surface area contributed by atoms with Crippen LogP contribution in [0.4, 0.5) is 0 Å². The number of carboxylic acid groups (broad SMARTS) is 1. The van der Waals surface area contributed by atoms with Crippen molar-refractivity contribution in [2.24, 2.45) is 0 Å². The third-order valence-corrected chi connectivity index (χ3v) is 2.71.